The van der Waals surface area contributed by atoms with Crippen LogP contribution in [0, 0.1) is 12.7 Å². The van der Waals surface area contributed by atoms with E-state index < -0.39 is 6.61 Å². The second-order valence-electron chi connectivity index (χ2n) is 4.92. The summed E-state index contributed by atoms with van der Waals surface area (Å²) in [4.78, 5) is 16.9. The quantitative estimate of drug-likeness (QED) is 0.779. The molecule has 0 atom stereocenters. The maximum atomic E-state index is 13.0. The number of aliphatic hydroxyl groups is 1. The van der Waals surface area contributed by atoms with Crippen LogP contribution >= 0.6 is 0 Å². The summed E-state index contributed by atoms with van der Waals surface area (Å²) in [6, 6.07) is 9.29. The number of benzene rings is 1. The van der Waals surface area contributed by atoms with Crippen LogP contribution in [0.25, 0.3) is 5.65 Å². The number of halogens is 1. The van der Waals surface area contributed by atoms with E-state index in [4.69, 9.17) is 0 Å². The van der Waals surface area contributed by atoms with Gasteiger partial charge in [0.05, 0.1) is 12.2 Å². The van der Waals surface area contributed by atoms with E-state index in [2.05, 4.69) is 10.3 Å². The van der Waals surface area contributed by atoms with Gasteiger partial charge in [-0.05, 0) is 42.8 Å². The molecular weight excluding hydrogens is 285 g/mol. The Balaban J connectivity index is 2.17. The summed E-state index contributed by atoms with van der Waals surface area (Å²) in [5, 5.41) is 12.5. The van der Waals surface area contributed by atoms with E-state index in [1.54, 1.807) is 12.3 Å². The number of aryl methyl sites for hydroxylation is 1. The van der Waals surface area contributed by atoms with Gasteiger partial charge in [0.25, 0.3) is 5.56 Å². The lowest BCUT2D eigenvalue weighted by atomic mass is 10.2. The van der Waals surface area contributed by atoms with Crippen molar-refractivity contribution in [2.75, 3.05) is 5.32 Å². The molecule has 0 saturated carbocycles. The maximum absolute atomic E-state index is 13.0. The normalized spacial score (nSPS) is 10.9. The first kappa shape index (κ1) is 14.2. The van der Waals surface area contributed by atoms with Gasteiger partial charge in [0, 0.05) is 11.9 Å². The molecule has 0 aliphatic carbocycles. The highest BCUT2D eigenvalue weighted by Gasteiger charge is 2.13. The largest absolute Gasteiger partial charge is 0.391 e. The average Bonchev–Trinajstić information content (AvgIpc) is 2.51. The third-order valence-electron chi connectivity index (χ3n) is 3.41. The molecule has 0 spiro atoms. The summed E-state index contributed by atoms with van der Waals surface area (Å²) in [6.07, 6.45) is 1.61. The van der Waals surface area contributed by atoms with Crippen LogP contribution in [0.2, 0.25) is 0 Å². The van der Waals surface area contributed by atoms with E-state index in [-0.39, 0.29) is 22.8 Å². The van der Waals surface area contributed by atoms with Crippen molar-refractivity contribution >= 4 is 17.2 Å². The van der Waals surface area contributed by atoms with Crippen LogP contribution in [0.4, 0.5) is 15.9 Å². The first-order valence-electron chi connectivity index (χ1n) is 6.74. The smallest absolute Gasteiger partial charge is 0.265 e. The Morgan fingerprint density at radius 2 is 2.00 bits per heavy atom. The predicted molar refractivity (Wildman–Crippen MR) is 81.8 cm³/mol. The number of pyridine rings is 1. The molecule has 5 nitrogen and oxygen atoms in total. The van der Waals surface area contributed by atoms with Gasteiger partial charge in [0.1, 0.15) is 17.3 Å². The molecule has 0 saturated heterocycles. The Labute approximate surface area is 125 Å². The minimum absolute atomic E-state index is 0.160. The predicted octanol–water partition coefficient (Wildman–Crippen LogP) is 2.38. The number of fused-ring (bicyclic) bond motifs is 1. The maximum Gasteiger partial charge on any atom is 0.265 e. The molecule has 0 bridgehead atoms. The zero-order valence-electron chi connectivity index (χ0n) is 11.9. The molecular formula is C16H14FN3O2. The van der Waals surface area contributed by atoms with Crippen molar-refractivity contribution in [1.82, 2.24) is 9.38 Å². The number of aromatic nitrogens is 2. The van der Waals surface area contributed by atoms with Gasteiger partial charge in [-0.1, -0.05) is 6.07 Å². The second kappa shape index (κ2) is 5.57. The SMILES string of the molecule is Cc1cccn2c(=O)c(CO)c(Nc3ccc(F)cc3)nc12. The molecule has 3 aromatic rings. The Morgan fingerprint density at radius 1 is 1.27 bits per heavy atom. The van der Waals surface area contributed by atoms with Crippen molar-refractivity contribution in [3.05, 3.63) is 69.9 Å². The minimum atomic E-state index is -0.438. The van der Waals surface area contributed by atoms with E-state index in [0.717, 1.165) is 5.56 Å². The first-order valence-corrected chi connectivity index (χ1v) is 6.74. The number of nitrogens with one attached hydrogen (secondary N) is 1. The van der Waals surface area contributed by atoms with Gasteiger partial charge in [-0.25, -0.2) is 9.37 Å². The molecule has 0 unspecified atom stereocenters. The van der Waals surface area contributed by atoms with Crippen LogP contribution in [-0.2, 0) is 6.61 Å². The number of anilines is 2. The third kappa shape index (κ3) is 2.44. The fraction of sp³-hybridized carbons (Fsp3) is 0.125. The molecule has 2 aromatic heterocycles. The van der Waals surface area contributed by atoms with Gasteiger partial charge in [0.15, 0.2) is 0 Å². The third-order valence-corrected chi connectivity index (χ3v) is 3.41. The lowest BCUT2D eigenvalue weighted by molar-refractivity contribution is 0.280. The van der Waals surface area contributed by atoms with Crippen molar-refractivity contribution in [1.29, 1.82) is 0 Å². The van der Waals surface area contributed by atoms with Crippen LogP contribution in [0.5, 0.6) is 0 Å². The highest BCUT2D eigenvalue weighted by Crippen LogP contribution is 2.19. The van der Waals surface area contributed by atoms with Crippen molar-refractivity contribution in [3.63, 3.8) is 0 Å². The van der Waals surface area contributed by atoms with Gasteiger partial charge in [0.2, 0.25) is 0 Å². The molecule has 0 radical (unpaired) electrons. The summed E-state index contributed by atoms with van der Waals surface area (Å²) in [7, 11) is 0. The van der Waals surface area contributed by atoms with Crippen LogP contribution < -0.4 is 10.9 Å². The zero-order chi connectivity index (χ0) is 15.7. The van der Waals surface area contributed by atoms with Crippen LogP contribution in [0.3, 0.4) is 0 Å². The number of hydrogen-bond donors (Lipinski definition) is 2. The minimum Gasteiger partial charge on any atom is -0.391 e. The lowest BCUT2D eigenvalue weighted by Gasteiger charge is -2.12. The summed E-state index contributed by atoms with van der Waals surface area (Å²) < 4.78 is 14.4. The molecule has 3 rings (SSSR count). The summed E-state index contributed by atoms with van der Waals surface area (Å²) >= 11 is 0. The average molecular weight is 299 g/mol. The van der Waals surface area contributed by atoms with Gasteiger partial charge < -0.3 is 10.4 Å². The fourth-order valence-electron chi connectivity index (χ4n) is 2.25. The standard InChI is InChI=1S/C16H14FN3O2/c1-10-3-2-8-20-15(10)19-14(13(9-21)16(20)22)18-12-6-4-11(17)5-7-12/h2-8,18,21H,9H2,1H3. The monoisotopic (exact) mass is 299 g/mol. The van der Waals surface area contributed by atoms with Gasteiger partial charge in [-0.15, -0.1) is 0 Å². The van der Waals surface area contributed by atoms with E-state index in [1.807, 2.05) is 13.0 Å². The molecule has 2 heterocycles. The van der Waals surface area contributed by atoms with E-state index in [0.29, 0.717) is 11.3 Å². The molecule has 1 aromatic carbocycles. The Bertz CT molecular complexity index is 888. The van der Waals surface area contributed by atoms with Gasteiger partial charge >= 0.3 is 0 Å². The molecule has 22 heavy (non-hydrogen) atoms. The van der Waals surface area contributed by atoms with Crippen LogP contribution in [0.1, 0.15) is 11.1 Å². The zero-order valence-corrected chi connectivity index (χ0v) is 11.9. The number of aliphatic hydroxyl groups excluding tert-OH is 1. The molecule has 0 aliphatic rings. The first-order chi connectivity index (χ1) is 10.6. The fourth-order valence-corrected chi connectivity index (χ4v) is 2.25. The summed E-state index contributed by atoms with van der Waals surface area (Å²) in [5.41, 5.74) is 1.76. The lowest BCUT2D eigenvalue weighted by Crippen LogP contribution is -2.22. The van der Waals surface area contributed by atoms with Crippen molar-refractivity contribution < 1.29 is 9.50 Å². The van der Waals surface area contributed by atoms with E-state index in [9.17, 15) is 14.3 Å². The second-order valence-corrected chi connectivity index (χ2v) is 4.92. The highest BCUT2D eigenvalue weighted by molar-refractivity contribution is 5.62. The van der Waals surface area contributed by atoms with Crippen LogP contribution in [-0.4, -0.2) is 14.5 Å². The number of hydrogen-bond acceptors (Lipinski definition) is 4. The molecule has 2 N–H and O–H groups in total. The number of nitrogens with zero attached hydrogens (tertiary/aromatic N) is 2. The van der Waals surface area contributed by atoms with Gasteiger partial charge in [-0.2, -0.15) is 0 Å². The van der Waals surface area contributed by atoms with Crippen molar-refractivity contribution in [2.45, 2.75) is 13.5 Å². The summed E-state index contributed by atoms with van der Waals surface area (Å²) in [5.74, 6) is -0.0799. The molecule has 6 heteroatoms. The Hall–Kier alpha value is -2.73. The van der Waals surface area contributed by atoms with E-state index in [1.165, 1.54) is 28.7 Å². The Morgan fingerprint density at radius 3 is 2.68 bits per heavy atom. The molecule has 0 fully saturated rings. The summed E-state index contributed by atoms with van der Waals surface area (Å²) in [6.45, 7) is 1.41. The highest BCUT2D eigenvalue weighted by atomic mass is 19.1. The van der Waals surface area contributed by atoms with Crippen molar-refractivity contribution in [3.8, 4) is 0 Å². The topological polar surface area (TPSA) is 66.6 Å². The Kier molecular flexibility index (Phi) is 3.60. The number of rotatable bonds is 3. The van der Waals surface area contributed by atoms with Crippen LogP contribution in [0.15, 0.2) is 47.4 Å². The molecule has 0 aliphatic heterocycles. The molecule has 112 valence electrons. The molecule has 0 amide bonds. The van der Waals surface area contributed by atoms with Crippen molar-refractivity contribution in [2.24, 2.45) is 0 Å². The van der Waals surface area contributed by atoms with Gasteiger partial charge in [-0.3, -0.25) is 9.20 Å². The van der Waals surface area contributed by atoms with E-state index >= 15 is 0 Å².